The highest BCUT2D eigenvalue weighted by molar-refractivity contribution is 7.16. The zero-order valence-electron chi connectivity index (χ0n) is 8.66. The van der Waals surface area contributed by atoms with Crippen LogP contribution in [-0.4, -0.2) is 11.2 Å². The molecule has 0 saturated carbocycles. The molecule has 0 aliphatic carbocycles. The molecule has 0 amide bonds. The Bertz CT molecular complexity index is 270. The monoisotopic (exact) mass is 232 g/mol. The largest absolute Gasteiger partial charge is 0.393 e. The number of aliphatic hydroxyl groups excluding tert-OH is 1. The van der Waals surface area contributed by atoms with Crippen molar-refractivity contribution in [2.45, 2.75) is 39.2 Å². The summed E-state index contributed by atoms with van der Waals surface area (Å²) < 4.78 is 0.802. The molecular weight excluding hydrogens is 216 g/mol. The van der Waals surface area contributed by atoms with Crippen molar-refractivity contribution in [3.63, 3.8) is 0 Å². The lowest BCUT2D eigenvalue weighted by atomic mass is 10.0. The Morgan fingerprint density at radius 3 is 2.57 bits per heavy atom. The van der Waals surface area contributed by atoms with Crippen molar-refractivity contribution in [1.29, 1.82) is 0 Å². The fourth-order valence-electron chi connectivity index (χ4n) is 1.32. The standard InChI is InChI=1S/C11H17ClOS/c1-8(2)3-4-9(13)7-10-5-6-11(12)14-10/h5-6,8-9,13H,3-4,7H2,1-2H3. The van der Waals surface area contributed by atoms with E-state index in [9.17, 15) is 5.11 Å². The van der Waals surface area contributed by atoms with Gasteiger partial charge in [0.15, 0.2) is 0 Å². The van der Waals surface area contributed by atoms with Crippen LogP contribution in [0.1, 0.15) is 31.6 Å². The normalized spacial score (nSPS) is 13.5. The summed E-state index contributed by atoms with van der Waals surface area (Å²) in [5.74, 6) is 0.663. The molecule has 0 fully saturated rings. The number of thiophene rings is 1. The van der Waals surface area contributed by atoms with E-state index in [-0.39, 0.29) is 6.10 Å². The molecule has 1 aromatic heterocycles. The van der Waals surface area contributed by atoms with Crippen LogP contribution in [0.3, 0.4) is 0 Å². The first-order valence-corrected chi connectivity index (χ1v) is 6.19. The Labute approximate surface area is 94.7 Å². The number of halogens is 1. The molecule has 80 valence electrons. The highest BCUT2D eigenvalue weighted by Crippen LogP contribution is 2.23. The van der Waals surface area contributed by atoms with E-state index in [1.165, 1.54) is 4.88 Å². The SMILES string of the molecule is CC(C)CCC(O)Cc1ccc(Cl)s1. The molecule has 0 bridgehead atoms. The van der Waals surface area contributed by atoms with Gasteiger partial charge in [-0.15, -0.1) is 11.3 Å². The van der Waals surface area contributed by atoms with Gasteiger partial charge in [-0.3, -0.25) is 0 Å². The smallest absolute Gasteiger partial charge is 0.0931 e. The molecule has 14 heavy (non-hydrogen) atoms. The average Bonchev–Trinajstić information content (AvgIpc) is 2.48. The van der Waals surface area contributed by atoms with Crippen molar-refractivity contribution in [2.24, 2.45) is 5.92 Å². The molecule has 0 aliphatic rings. The van der Waals surface area contributed by atoms with Crippen molar-refractivity contribution in [2.75, 3.05) is 0 Å². The summed E-state index contributed by atoms with van der Waals surface area (Å²) >= 11 is 7.36. The lowest BCUT2D eigenvalue weighted by molar-refractivity contribution is 0.158. The van der Waals surface area contributed by atoms with Crippen LogP contribution in [0.25, 0.3) is 0 Å². The van der Waals surface area contributed by atoms with Crippen LogP contribution in [-0.2, 0) is 6.42 Å². The maximum Gasteiger partial charge on any atom is 0.0931 e. The molecule has 1 nitrogen and oxygen atoms in total. The van der Waals surface area contributed by atoms with Gasteiger partial charge in [0.05, 0.1) is 10.4 Å². The maximum atomic E-state index is 9.72. The Hall–Kier alpha value is -0.0500. The summed E-state index contributed by atoms with van der Waals surface area (Å²) in [6.07, 6.45) is 2.49. The van der Waals surface area contributed by atoms with Gasteiger partial charge in [-0.25, -0.2) is 0 Å². The molecule has 1 aromatic rings. The summed E-state index contributed by atoms with van der Waals surface area (Å²) in [6, 6.07) is 3.88. The van der Waals surface area contributed by atoms with Crippen LogP contribution in [0, 0.1) is 5.92 Å². The number of hydrogen-bond donors (Lipinski definition) is 1. The summed E-state index contributed by atoms with van der Waals surface area (Å²) in [7, 11) is 0. The molecule has 3 heteroatoms. The van der Waals surface area contributed by atoms with E-state index in [0.717, 1.165) is 23.6 Å². The van der Waals surface area contributed by atoms with Gasteiger partial charge in [-0.1, -0.05) is 25.4 Å². The van der Waals surface area contributed by atoms with Gasteiger partial charge in [0.25, 0.3) is 0 Å². The molecule has 1 unspecified atom stereocenters. The van der Waals surface area contributed by atoms with Crippen LogP contribution < -0.4 is 0 Å². The second kappa shape index (κ2) is 5.74. The van der Waals surface area contributed by atoms with Gasteiger partial charge in [-0.05, 0) is 30.9 Å². The molecule has 1 N–H and O–H groups in total. The van der Waals surface area contributed by atoms with E-state index in [0.29, 0.717) is 5.92 Å². The van der Waals surface area contributed by atoms with E-state index in [1.807, 2.05) is 12.1 Å². The molecule has 0 saturated heterocycles. The Morgan fingerprint density at radius 1 is 1.36 bits per heavy atom. The molecular formula is C11H17ClOS. The first-order valence-electron chi connectivity index (χ1n) is 5.00. The van der Waals surface area contributed by atoms with Crippen LogP contribution in [0.2, 0.25) is 4.34 Å². The minimum atomic E-state index is -0.216. The van der Waals surface area contributed by atoms with Gasteiger partial charge < -0.3 is 5.11 Å². The fraction of sp³-hybridized carbons (Fsp3) is 0.636. The van der Waals surface area contributed by atoms with E-state index in [4.69, 9.17) is 11.6 Å². The van der Waals surface area contributed by atoms with E-state index in [2.05, 4.69) is 13.8 Å². The minimum absolute atomic E-state index is 0.216. The lowest BCUT2D eigenvalue weighted by Gasteiger charge is -2.10. The summed E-state index contributed by atoms with van der Waals surface area (Å²) in [5, 5.41) is 9.72. The van der Waals surface area contributed by atoms with Crippen LogP contribution in [0.5, 0.6) is 0 Å². The molecule has 0 aliphatic heterocycles. The quantitative estimate of drug-likeness (QED) is 0.820. The van der Waals surface area contributed by atoms with Crippen molar-refractivity contribution in [1.82, 2.24) is 0 Å². The molecule has 1 atom stereocenters. The zero-order chi connectivity index (χ0) is 10.6. The Balaban J connectivity index is 2.30. The topological polar surface area (TPSA) is 20.2 Å². The van der Waals surface area contributed by atoms with Gasteiger partial charge in [0.1, 0.15) is 0 Å². The van der Waals surface area contributed by atoms with Crippen LogP contribution in [0.4, 0.5) is 0 Å². The van der Waals surface area contributed by atoms with Gasteiger partial charge >= 0.3 is 0 Å². The first-order chi connectivity index (χ1) is 6.58. The van der Waals surface area contributed by atoms with E-state index >= 15 is 0 Å². The van der Waals surface area contributed by atoms with E-state index < -0.39 is 0 Å². The van der Waals surface area contributed by atoms with E-state index in [1.54, 1.807) is 11.3 Å². The maximum absolute atomic E-state index is 9.72. The minimum Gasteiger partial charge on any atom is -0.393 e. The van der Waals surface area contributed by atoms with Crippen LogP contribution >= 0.6 is 22.9 Å². The number of rotatable bonds is 5. The second-order valence-electron chi connectivity index (χ2n) is 4.03. The molecule has 0 aromatic carbocycles. The third kappa shape index (κ3) is 4.45. The predicted octanol–water partition coefficient (Wildman–Crippen LogP) is 3.74. The van der Waals surface area contributed by atoms with Crippen molar-refractivity contribution >= 4 is 22.9 Å². The number of aliphatic hydroxyl groups is 1. The molecule has 1 heterocycles. The van der Waals surface area contributed by atoms with Crippen LogP contribution in [0.15, 0.2) is 12.1 Å². The highest BCUT2D eigenvalue weighted by Gasteiger charge is 2.08. The highest BCUT2D eigenvalue weighted by atomic mass is 35.5. The summed E-state index contributed by atoms with van der Waals surface area (Å²) in [6.45, 7) is 4.35. The summed E-state index contributed by atoms with van der Waals surface area (Å²) in [4.78, 5) is 1.17. The Kier molecular flexibility index (Phi) is 4.93. The average molecular weight is 233 g/mol. The van der Waals surface area contributed by atoms with Crippen molar-refractivity contribution in [3.8, 4) is 0 Å². The third-order valence-corrected chi connectivity index (χ3v) is 3.40. The first kappa shape index (κ1) is 12.0. The zero-order valence-corrected chi connectivity index (χ0v) is 10.2. The number of hydrogen-bond acceptors (Lipinski definition) is 2. The molecule has 0 spiro atoms. The lowest BCUT2D eigenvalue weighted by Crippen LogP contribution is -2.10. The fourth-order valence-corrected chi connectivity index (χ4v) is 2.48. The van der Waals surface area contributed by atoms with Gasteiger partial charge in [0, 0.05) is 11.3 Å². The summed E-state index contributed by atoms with van der Waals surface area (Å²) in [5.41, 5.74) is 0. The predicted molar refractivity (Wildman–Crippen MR) is 63.1 cm³/mol. The van der Waals surface area contributed by atoms with Gasteiger partial charge in [-0.2, -0.15) is 0 Å². The van der Waals surface area contributed by atoms with Gasteiger partial charge in [0.2, 0.25) is 0 Å². The second-order valence-corrected chi connectivity index (χ2v) is 5.83. The van der Waals surface area contributed by atoms with Crippen molar-refractivity contribution < 1.29 is 5.11 Å². The Morgan fingerprint density at radius 2 is 2.07 bits per heavy atom. The molecule has 1 rings (SSSR count). The van der Waals surface area contributed by atoms with Crippen molar-refractivity contribution in [3.05, 3.63) is 21.3 Å². The molecule has 0 radical (unpaired) electrons. The third-order valence-electron chi connectivity index (χ3n) is 2.14.